The Labute approximate surface area is 225 Å². The minimum absolute atomic E-state index is 0.138. The molecule has 3 aromatic carbocycles. The molecule has 0 spiro atoms. The smallest absolute Gasteiger partial charge is 0.323 e. The molecule has 38 heavy (non-hydrogen) atoms. The lowest BCUT2D eigenvalue weighted by atomic mass is 9.70. The maximum atomic E-state index is 13.4. The van der Waals surface area contributed by atoms with E-state index in [1.54, 1.807) is 0 Å². The van der Waals surface area contributed by atoms with Crippen LogP contribution in [-0.4, -0.2) is 17.8 Å². The van der Waals surface area contributed by atoms with Crippen molar-refractivity contribution >= 4 is 17.8 Å². The number of rotatable bonds is 9. The summed E-state index contributed by atoms with van der Waals surface area (Å²) in [5.74, 6) is 0.0961. The molecule has 2 N–H and O–H groups in total. The van der Waals surface area contributed by atoms with Crippen molar-refractivity contribution < 1.29 is 14.3 Å². The Bertz CT molecular complexity index is 1370. The van der Waals surface area contributed by atoms with Crippen LogP contribution in [0.15, 0.2) is 78.4 Å². The van der Waals surface area contributed by atoms with Gasteiger partial charge in [0.25, 0.3) is 0 Å². The second-order valence-corrected chi connectivity index (χ2v) is 11.3. The normalized spacial score (nSPS) is 20.6. The molecule has 3 aromatic rings. The van der Waals surface area contributed by atoms with Crippen molar-refractivity contribution in [2.24, 2.45) is 17.1 Å². The number of hydrogen-bond acceptors (Lipinski definition) is 4. The summed E-state index contributed by atoms with van der Waals surface area (Å²) >= 11 is 0. The average Bonchev–Trinajstić information content (AvgIpc) is 3.48. The second-order valence-electron chi connectivity index (χ2n) is 11.3. The number of ketones is 1. The molecule has 4 heteroatoms. The molecule has 3 atom stereocenters. The predicted molar refractivity (Wildman–Crippen MR) is 152 cm³/mol. The van der Waals surface area contributed by atoms with E-state index in [9.17, 15) is 9.59 Å². The Kier molecular flexibility index (Phi) is 7.36. The topological polar surface area (TPSA) is 69.4 Å². The number of nitrogens with two attached hydrogens (primary N) is 1. The zero-order chi connectivity index (χ0) is 26.9. The fourth-order valence-electron chi connectivity index (χ4n) is 6.19. The molecule has 4 nitrogen and oxygen atoms in total. The van der Waals surface area contributed by atoms with Gasteiger partial charge in [0.2, 0.25) is 0 Å². The van der Waals surface area contributed by atoms with Gasteiger partial charge in [-0.05, 0) is 59.4 Å². The third-order valence-electron chi connectivity index (χ3n) is 8.13. The van der Waals surface area contributed by atoms with E-state index >= 15 is 0 Å². The fraction of sp³-hybridized carbons (Fsp3) is 0.353. The van der Waals surface area contributed by atoms with Crippen molar-refractivity contribution in [2.45, 2.75) is 65.0 Å². The van der Waals surface area contributed by atoms with Crippen LogP contribution in [0.3, 0.4) is 0 Å². The monoisotopic (exact) mass is 507 g/mol. The standard InChI is InChI=1S/C34H37NO3/c1-4-31(36)24-15-13-23(14-16-24)20-34(28-18-25-9-5-6-10-26(25)19-28)21-27-11-7-8-12-29(27)32(34)38-33(37)30(35)17-22(2)3/h5-16,18,22,30,32H,4,17,19-21,35H2,1-3H3/t30-,32+,34-/m0/s1. The molecule has 0 saturated carbocycles. The Morgan fingerprint density at radius 3 is 2.34 bits per heavy atom. The molecule has 2 aliphatic carbocycles. The zero-order valence-corrected chi connectivity index (χ0v) is 22.6. The van der Waals surface area contributed by atoms with Crippen LogP contribution in [-0.2, 0) is 28.8 Å². The number of carbonyl (C=O) groups excluding carboxylic acids is 2. The highest BCUT2D eigenvalue weighted by Gasteiger charge is 2.51. The molecule has 0 saturated heterocycles. The molecule has 0 amide bonds. The Morgan fingerprint density at radius 1 is 0.974 bits per heavy atom. The van der Waals surface area contributed by atoms with Gasteiger partial charge in [0, 0.05) is 17.4 Å². The lowest BCUT2D eigenvalue weighted by Crippen LogP contribution is -2.39. The van der Waals surface area contributed by atoms with Crippen LogP contribution in [0.25, 0.3) is 6.08 Å². The molecule has 196 valence electrons. The molecular weight excluding hydrogens is 470 g/mol. The van der Waals surface area contributed by atoms with Crippen molar-refractivity contribution in [1.82, 2.24) is 0 Å². The molecular formula is C34H37NO3. The van der Waals surface area contributed by atoms with Crippen molar-refractivity contribution in [2.75, 3.05) is 0 Å². The lowest BCUT2D eigenvalue weighted by molar-refractivity contribution is -0.156. The second kappa shape index (κ2) is 10.7. The number of ether oxygens (including phenoxy) is 1. The Morgan fingerprint density at radius 2 is 1.66 bits per heavy atom. The minimum atomic E-state index is -0.658. The zero-order valence-electron chi connectivity index (χ0n) is 22.6. The summed E-state index contributed by atoms with van der Waals surface area (Å²) in [6, 6.07) is 24.1. The summed E-state index contributed by atoms with van der Waals surface area (Å²) in [6.45, 7) is 6.01. The van der Waals surface area contributed by atoms with E-state index in [0.29, 0.717) is 25.2 Å². The van der Waals surface area contributed by atoms with E-state index < -0.39 is 17.6 Å². The van der Waals surface area contributed by atoms with E-state index in [-0.39, 0.29) is 11.8 Å². The van der Waals surface area contributed by atoms with E-state index in [1.807, 2.05) is 25.1 Å². The first-order chi connectivity index (χ1) is 18.3. The molecule has 0 fully saturated rings. The van der Waals surface area contributed by atoms with Gasteiger partial charge in [-0.3, -0.25) is 9.59 Å². The summed E-state index contributed by atoms with van der Waals surface area (Å²) in [5.41, 5.74) is 13.8. The number of Topliss-reactive ketones (excluding diaryl/α,β-unsaturated/α-hetero) is 1. The van der Waals surface area contributed by atoms with Crippen LogP contribution in [0, 0.1) is 11.3 Å². The van der Waals surface area contributed by atoms with Gasteiger partial charge in [-0.15, -0.1) is 0 Å². The predicted octanol–water partition coefficient (Wildman–Crippen LogP) is 6.66. The van der Waals surface area contributed by atoms with Crippen LogP contribution in [0.5, 0.6) is 0 Å². The number of carbonyl (C=O) groups is 2. The quantitative estimate of drug-likeness (QED) is 0.260. The highest BCUT2D eigenvalue weighted by molar-refractivity contribution is 5.95. The maximum Gasteiger partial charge on any atom is 0.323 e. The highest BCUT2D eigenvalue weighted by Crippen LogP contribution is 2.56. The summed E-state index contributed by atoms with van der Waals surface area (Å²) in [7, 11) is 0. The van der Waals surface area contributed by atoms with Crippen LogP contribution >= 0.6 is 0 Å². The SMILES string of the molecule is CCC(=O)c1ccc(C[C@@]2(C3=Cc4ccccc4C3)Cc3ccccc3[C@H]2OC(=O)[C@@H](N)CC(C)C)cc1. The Hall–Kier alpha value is -3.50. The molecule has 2 aliphatic rings. The molecule has 0 aromatic heterocycles. The number of esters is 1. The van der Waals surface area contributed by atoms with Gasteiger partial charge in [-0.2, -0.15) is 0 Å². The summed E-state index contributed by atoms with van der Waals surface area (Å²) in [5, 5.41) is 0. The summed E-state index contributed by atoms with van der Waals surface area (Å²) in [6.07, 6.45) is 5.21. The minimum Gasteiger partial charge on any atom is -0.455 e. The number of fused-ring (bicyclic) bond motifs is 2. The molecule has 5 rings (SSSR count). The van der Waals surface area contributed by atoms with E-state index in [4.69, 9.17) is 10.5 Å². The third-order valence-corrected chi connectivity index (χ3v) is 8.13. The first-order valence-corrected chi connectivity index (χ1v) is 13.8. The molecule has 0 unspecified atom stereocenters. The van der Waals surface area contributed by atoms with Crippen molar-refractivity contribution in [1.29, 1.82) is 0 Å². The van der Waals surface area contributed by atoms with E-state index in [2.05, 4.69) is 74.5 Å². The summed E-state index contributed by atoms with van der Waals surface area (Å²) in [4.78, 5) is 25.6. The van der Waals surface area contributed by atoms with E-state index in [0.717, 1.165) is 29.5 Å². The van der Waals surface area contributed by atoms with Crippen molar-refractivity contribution in [3.8, 4) is 0 Å². The van der Waals surface area contributed by atoms with Crippen LogP contribution in [0.2, 0.25) is 0 Å². The van der Waals surface area contributed by atoms with Gasteiger partial charge >= 0.3 is 5.97 Å². The molecule has 0 heterocycles. The number of hydrogen-bond donors (Lipinski definition) is 1. The maximum absolute atomic E-state index is 13.4. The van der Waals surface area contributed by atoms with Crippen LogP contribution in [0.1, 0.15) is 77.9 Å². The first-order valence-electron chi connectivity index (χ1n) is 13.8. The Balaban J connectivity index is 1.58. The highest BCUT2D eigenvalue weighted by atomic mass is 16.5. The van der Waals surface area contributed by atoms with Gasteiger partial charge in [0.15, 0.2) is 5.78 Å². The van der Waals surface area contributed by atoms with Crippen molar-refractivity contribution in [3.05, 3.63) is 112 Å². The largest absolute Gasteiger partial charge is 0.455 e. The van der Waals surface area contributed by atoms with Gasteiger partial charge in [-0.25, -0.2) is 0 Å². The third kappa shape index (κ3) is 4.98. The van der Waals surface area contributed by atoms with Gasteiger partial charge in [0.1, 0.15) is 12.1 Å². The van der Waals surface area contributed by atoms with Gasteiger partial charge < -0.3 is 10.5 Å². The summed E-state index contributed by atoms with van der Waals surface area (Å²) < 4.78 is 6.42. The van der Waals surface area contributed by atoms with Crippen LogP contribution in [0.4, 0.5) is 0 Å². The molecule has 0 bridgehead atoms. The van der Waals surface area contributed by atoms with Crippen LogP contribution < -0.4 is 5.73 Å². The molecule has 0 radical (unpaired) electrons. The first kappa shape index (κ1) is 26.1. The van der Waals surface area contributed by atoms with Gasteiger partial charge in [-0.1, -0.05) is 105 Å². The molecule has 0 aliphatic heterocycles. The number of benzene rings is 3. The average molecular weight is 508 g/mol. The van der Waals surface area contributed by atoms with E-state index in [1.165, 1.54) is 22.3 Å². The van der Waals surface area contributed by atoms with Crippen molar-refractivity contribution in [3.63, 3.8) is 0 Å². The fourth-order valence-corrected chi connectivity index (χ4v) is 6.19. The lowest BCUT2D eigenvalue weighted by Gasteiger charge is -2.38. The van der Waals surface area contributed by atoms with Gasteiger partial charge in [0.05, 0.1) is 0 Å².